The molecule has 1 aliphatic heterocycles. The fourth-order valence-electron chi connectivity index (χ4n) is 5.65. The van der Waals surface area contributed by atoms with Crippen molar-refractivity contribution < 1.29 is 9.59 Å². The minimum absolute atomic E-state index is 0.138. The number of rotatable bonds is 5. The number of benzene rings is 1. The Balaban J connectivity index is 1.42. The third kappa shape index (κ3) is 3.62. The van der Waals surface area contributed by atoms with Crippen LogP contribution in [0.25, 0.3) is 0 Å². The van der Waals surface area contributed by atoms with Gasteiger partial charge < -0.3 is 10.6 Å². The van der Waals surface area contributed by atoms with Crippen LogP contribution in [0.3, 0.4) is 0 Å². The third-order valence-corrected chi connectivity index (χ3v) is 6.95. The topological polar surface area (TPSA) is 61.4 Å². The monoisotopic (exact) mass is 369 g/mol. The Hall–Kier alpha value is -1.88. The molecule has 4 rings (SSSR count). The van der Waals surface area contributed by atoms with Crippen molar-refractivity contribution in [3.8, 4) is 0 Å². The summed E-state index contributed by atoms with van der Waals surface area (Å²) < 4.78 is 0. The molecule has 0 spiro atoms. The maximum atomic E-state index is 12.9. The molecule has 2 aliphatic carbocycles. The van der Waals surface area contributed by atoms with Gasteiger partial charge in [0, 0.05) is 38.6 Å². The van der Waals surface area contributed by atoms with Crippen LogP contribution in [0.4, 0.5) is 0 Å². The van der Waals surface area contributed by atoms with E-state index >= 15 is 0 Å². The number of hydrogen-bond donors (Lipinski definition) is 2. The second kappa shape index (κ2) is 7.63. The van der Waals surface area contributed by atoms with E-state index in [0.29, 0.717) is 5.92 Å². The number of likely N-dealkylation sites (tertiary alicyclic amines) is 1. The number of nitrogens with zero attached hydrogens (tertiary/aromatic N) is 1. The number of fused-ring (bicyclic) bond motifs is 1. The second-order valence-corrected chi connectivity index (χ2v) is 8.71. The lowest BCUT2D eigenvalue weighted by molar-refractivity contribution is -0.131. The van der Waals surface area contributed by atoms with Crippen LogP contribution in [0.1, 0.15) is 44.1 Å². The van der Waals surface area contributed by atoms with Gasteiger partial charge in [-0.2, -0.15) is 0 Å². The number of nitrogens with one attached hydrogen (secondary N) is 2. The SMILES string of the molecule is CNC(=O)[C@]12C[C@@H](NC(=O)C3CCCC3)C[C@H]1CN(Cc1ccccc1)C2. The third-order valence-electron chi connectivity index (χ3n) is 6.95. The van der Waals surface area contributed by atoms with E-state index in [1.165, 1.54) is 18.4 Å². The molecular formula is C22H31N3O2. The molecule has 5 nitrogen and oxygen atoms in total. The minimum atomic E-state index is -0.364. The normalized spacial score (nSPS) is 31.0. The number of amides is 2. The zero-order valence-corrected chi connectivity index (χ0v) is 16.2. The Morgan fingerprint density at radius 3 is 2.63 bits per heavy atom. The summed E-state index contributed by atoms with van der Waals surface area (Å²) in [6, 6.07) is 10.6. The largest absolute Gasteiger partial charge is 0.359 e. The summed E-state index contributed by atoms with van der Waals surface area (Å²) in [7, 11) is 1.73. The van der Waals surface area contributed by atoms with Crippen molar-refractivity contribution in [2.75, 3.05) is 20.1 Å². The van der Waals surface area contributed by atoms with E-state index in [1.807, 2.05) is 6.07 Å². The highest BCUT2D eigenvalue weighted by atomic mass is 16.2. The first-order chi connectivity index (χ1) is 13.1. The first-order valence-corrected chi connectivity index (χ1v) is 10.4. The number of carbonyl (C=O) groups excluding carboxylic acids is 2. The van der Waals surface area contributed by atoms with Crippen LogP contribution in [0.15, 0.2) is 30.3 Å². The maximum Gasteiger partial charge on any atom is 0.227 e. The van der Waals surface area contributed by atoms with Crippen molar-refractivity contribution in [1.82, 2.24) is 15.5 Å². The molecule has 0 radical (unpaired) electrons. The van der Waals surface area contributed by atoms with Gasteiger partial charge in [-0.15, -0.1) is 0 Å². The van der Waals surface area contributed by atoms with Gasteiger partial charge in [0.1, 0.15) is 0 Å². The van der Waals surface area contributed by atoms with Gasteiger partial charge >= 0.3 is 0 Å². The standard InChI is InChI=1S/C22H31N3O2/c1-23-21(27)22-12-19(24-20(26)17-9-5-6-10-17)11-18(22)14-25(15-22)13-16-7-3-2-4-8-16/h2-4,7-8,17-19H,5-6,9-15H2,1H3,(H,23,27)(H,24,26)/t18-,19-,22-/m0/s1. The average molecular weight is 370 g/mol. The second-order valence-electron chi connectivity index (χ2n) is 8.71. The molecule has 3 fully saturated rings. The van der Waals surface area contributed by atoms with Crippen molar-refractivity contribution in [2.24, 2.45) is 17.3 Å². The molecule has 3 atom stereocenters. The van der Waals surface area contributed by atoms with Gasteiger partial charge in [-0.3, -0.25) is 14.5 Å². The highest BCUT2D eigenvalue weighted by Gasteiger charge is 2.57. The average Bonchev–Trinajstić information content (AvgIpc) is 3.37. The van der Waals surface area contributed by atoms with Crippen molar-refractivity contribution in [1.29, 1.82) is 0 Å². The van der Waals surface area contributed by atoms with E-state index in [1.54, 1.807) is 7.05 Å². The lowest BCUT2D eigenvalue weighted by atomic mass is 9.80. The van der Waals surface area contributed by atoms with Gasteiger partial charge in [-0.25, -0.2) is 0 Å². The first-order valence-electron chi connectivity index (χ1n) is 10.4. The lowest BCUT2D eigenvalue weighted by Gasteiger charge is -2.28. The summed E-state index contributed by atoms with van der Waals surface area (Å²) >= 11 is 0. The molecule has 1 aromatic rings. The maximum absolute atomic E-state index is 12.9. The summed E-state index contributed by atoms with van der Waals surface area (Å²) in [6.45, 7) is 2.59. The zero-order valence-electron chi connectivity index (χ0n) is 16.2. The molecule has 146 valence electrons. The minimum Gasteiger partial charge on any atom is -0.359 e. The molecule has 0 unspecified atom stereocenters. The first kappa shape index (κ1) is 18.5. The van der Waals surface area contributed by atoms with Gasteiger partial charge in [0.05, 0.1) is 5.41 Å². The molecule has 27 heavy (non-hydrogen) atoms. The summed E-state index contributed by atoms with van der Waals surface area (Å²) in [4.78, 5) is 27.8. The summed E-state index contributed by atoms with van der Waals surface area (Å²) in [5, 5.41) is 6.18. The van der Waals surface area contributed by atoms with E-state index in [4.69, 9.17) is 0 Å². The van der Waals surface area contributed by atoms with Crippen LogP contribution in [-0.4, -0.2) is 42.9 Å². The van der Waals surface area contributed by atoms with E-state index in [0.717, 1.165) is 45.3 Å². The van der Waals surface area contributed by atoms with Crippen LogP contribution in [0, 0.1) is 17.3 Å². The van der Waals surface area contributed by atoms with E-state index in [2.05, 4.69) is 39.8 Å². The Labute approximate surface area is 161 Å². The Bertz CT molecular complexity index is 686. The van der Waals surface area contributed by atoms with Crippen molar-refractivity contribution in [2.45, 2.75) is 51.1 Å². The molecular weight excluding hydrogens is 338 g/mol. The highest BCUT2D eigenvalue weighted by Crippen LogP contribution is 2.49. The van der Waals surface area contributed by atoms with E-state index in [-0.39, 0.29) is 29.2 Å². The summed E-state index contributed by atoms with van der Waals surface area (Å²) in [5.74, 6) is 0.859. The quantitative estimate of drug-likeness (QED) is 0.837. The Morgan fingerprint density at radius 1 is 1.19 bits per heavy atom. The predicted molar refractivity (Wildman–Crippen MR) is 105 cm³/mol. The van der Waals surface area contributed by atoms with Crippen LogP contribution < -0.4 is 10.6 Å². The number of hydrogen-bond acceptors (Lipinski definition) is 3. The molecule has 2 saturated carbocycles. The van der Waals surface area contributed by atoms with Gasteiger partial charge in [-0.1, -0.05) is 43.2 Å². The van der Waals surface area contributed by atoms with Crippen molar-refractivity contribution >= 4 is 11.8 Å². The van der Waals surface area contributed by atoms with E-state index in [9.17, 15) is 9.59 Å². The predicted octanol–water partition coefficient (Wildman–Crippen LogP) is 2.32. The molecule has 2 amide bonds. The fraction of sp³-hybridized carbons (Fsp3) is 0.636. The Kier molecular flexibility index (Phi) is 5.22. The number of carbonyl (C=O) groups is 2. The van der Waals surface area contributed by atoms with Crippen LogP contribution in [0.2, 0.25) is 0 Å². The van der Waals surface area contributed by atoms with Crippen LogP contribution >= 0.6 is 0 Å². The molecule has 1 saturated heterocycles. The van der Waals surface area contributed by atoms with E-state index < -0.39 is 0 Å². The van der Waals surface area contributed by atoms with Crippen molar-refractivity contribution in [3.05, 3.63) is 35.9 Å². The molecule has 0 bridgehead atoms. The van der Waals surface area contributed by atoms with Gasteiger partial charge in [0.2, 0.25) is 11.8 Å². The van der Waals surface area contributed by atoms with Gasteiger partial charge in [0.25, 0.3) is 0 Å². The molecule has 2 N–H and O–H groups in total. The Morgan fingerprint density at radius 2 is 1.93 bits per heavy atom. The van der Waals surface area contributed by atoms with Gasteiger partial charge in [0.15, 0.2) is 0 Å². The van der Waals surface area contributed by atoms with Crippen LogP contribution in [0.5, 0.6) is 0 Å². The fourth-order valence-corrected chi connectivity index (χ4v) is 5.65. The summed E-state index contributed by atoms with van der Waals surface area (Å²) in [5.41, 5.74) is 0.924. The van der Waals surface area contributed by atoms with Crippen molar-refractivity contribution in [3.63, 3.8) is 0 Å². The highest BCUT2D eigenvalue weighted by molar-refractivity contribution is 5.84. The lowest BCUT2D eigenvalue weighted by Crippen LogP contribution is -2.44. The zero-order chi connectivity index (χ0) is 18.9. The van der Waals surface area contributed by atoms with Crippen LogP contribution in [-0.2, 0) is 16.1 Å². The van der Waals surface area contributed by atoms with Gasteiger partial charge in [-0.05, 0) is 37.2 Å². The molecule has 3 aliphatic rings. The molecule has 0 aromatic heterocycles. The molecule has 1 heterocycles. The molecule has 1 aromatic carbocycles. The smallest absolute Gasteiger partial charge is 0.227 e. The molecule has 5 heteroatoms. The summed E-state index contributed by atoms with van der Waals surface area (Å²) in [6.07, 6.45) is 6.06.